The van der Waals surface area contributed by atoms with E-state index in [0.717, 1.165) is 0 Å². The van der Waals surface area contributed by atoms with Crippen LogP contribution in [0.3, 0.4) is 0 Å². The predicted octanol–water partition coefficient (Wildman–Crippen LogP) is 4.71. The smallest absolute Gasteiger partial charge is 0.166 e. The van der Waals surface area contributed by atoms with Gasteiger partial charge in [-0.25, -0.2) is 0 Å². The monoisotopic (exact) mass is 328 g/mol. The van der Waals surface area contributed by atoms with Crippen molar-refractivity contribution >= 4 is 37.4 Å². The van der Waals surface area contributed by atoms with Gasteiger partial charge in [0, 0.05) is 0 Å². The number of hydrogen-bond donors (Lipinski definition) is 0. The van der Waals surface area contributed by atoms with Crippen LogP contribution >= 0.6 is 31.9 Å². The van der Waals surface area contributed by atoms with Crippen LogP contribution < -0.4 is 0 Å². The Kier molecular flexibility index (Phi) is 3.78. The van der Waals surface area contributed by atoms with E-state index < -0.39 is 11.7 Å². The molecule has 0 bridgehead atoms. The largest absolute Gasteiger partial charge is 0.418 e. The first-order chi connectivity index (χ1) is 6.43. The Morgan fingerprint density at radius 3 is 1.86 bits per heavy atom. The van der Waals surface area contributed by atoms with Crippen LogP contribution in [0.1, 0.15) is 5.56 Å². The van der Waals surface area contributed by atoms with E-state index in [1.165, 1.54) is 12.1 Å². The van der Waals surface area contributed by atoms with Crippen molar-refractivity contribution in [3.8, 4) is 0 Å². The van der Waals surface area contributed by atoms with Gasteiger partial charge in [0.15, 0.2) is 0 Å². The number of rotatable bonds is 1. The highest BCUT2D eigenvalue weighted by Gasteiger charge is 2.36. The molecule has 0 N–H and O–H groups in total. The molecule has 0 aromatic heterocycles. The minimum Gasteiger partial charge on any atom is -0.166 e. The molecule has 1 aromatic rings. The fourth-order valence-electron chi connectivity index (χ4n) is 0.985. The summed E-state index contributed by atoms with van der Waals surface area (Å²) >= 11 is 5.58. The van der Waals surface area contributed by atoms with E-state index in [9.17, 15) is 13.2 Å². The molecule has 0 saturated carbocycles. The minimum absolute atomic E-state index is 0.0938. The molecule has 0 aliphatic carbocycles. The van der Waals surface area contributed by atoms with Gasteiger partial charge in [-0.15, -0.1) is 0 Å². The van der Waals surface area contributed by atoms with Crippen molar-refractivity contribution in [3.63, 3.8) is 0 Å². The Morgan fingerprint density at radius 2 is 1.50 bits per heavy atom. The zero-order chi connectivity index (χ0) is 10.8. The van der Waals surface area contributed by atoms with Crippen LogP contribution in [0.2, 0.25) is 0 Å². The van der Waals surface area contributed by atoms with Crippen LogP contribution in [0.15, 0.2) is 33.7 Å². The molecular formula is C9H5Br2F3. The molecule has 0 spiro atoms. The van der Waals surface area contributed by atoms with E-state index in [1.807, 2.05) is 0 Å². The first-order valence-corrected chi connectivity index (χ1v) is 5.19. The summed E-state index contributed by atoms with van der Waals surface area (Å²) in [7, 11) is 0. The number of benzene rings is 1. The lowest BCUT2D eigenvalue weighted by atomic mass is 10.1. The maximum Gasteiger partial charge on any atom is 0.418 e. The summed E-state index contributed by atoms with van der Waals surface area (Å²) in [5, 5.41) is 0. The summed E-state index contributed by atoms with van der Waals surface area (Å²) in [4.78, 5) is 0. The van der Waals surface area contributed by atoms with Crippen LogP contribution in [0.25, 0.3) is 5.57 Å². The summed E-state index contributed by atoms with van der Waals surface area (Å²) < 4.78 is 37.5. The lowest BCUT2D eigenvalue weighted by molar-refractivity contribution is -0.0688. The van der Waals surface area contributed by atoms with Crippen molar-refractivity contribution in [1.29, 1.82) is 0 Å². The first kappa shape index (κ1) is 11.8. The van der Waals surface area contributed by atoms with Crippen molar-refractivity contribution in [2.24, 2.45) is 0 Å². The fourth-order valence-corrected chi connectivity index (χ4v) is 1.89. The molecule has 0 amide bonds. The lowest BCUT2D eigenvalue weighted by Gasteiger charge is -2.12. The molecule has 0 saturated heterocycles. The molecule has 76 valence electrons. The van der Waals surface area contributed by atoms with Gasteiger partial charge in [0.2, 0.25) is 0 Å². The van der Waals surface area contributed by atoms with E-state index in [4.69, 9.17) is 0 Å². The van der Waals surface area contributed by atoms with Crippen LogP contribution in [0, 0.1) is 0 Å². The average molecular weight is 330 g/mol. The number of alkyl halides is 3. The van der Waals surface area contributed by atoms with Gasteiger partial charge >= 0.3 is 6.18 Å². The average Bonchev–Trinajstić information content (AvgIpc) is 2.02. The normalized spacial score (nSPS) is 11.2. The molecule has 5 heteroatoms. The van der Waals surface area contributed by atoms with Crippen molar-refractivity contribution < 1.29 is 13.2 Å². The maximum absolute atomic E-state index is 12.5. The molecule has 0 aliphatic rings. The molecule has 1 rings (SSSR count). The molecule has 14 heavy (non-hydrogen) atoms. The maximum atomic E-state index is 12.5. The highest BCUT2D eigenvalue weighted by atomic mass is 79.9. The quantitative estimate of drug-likeness (QED) is 0.700. The SMILES string of the molecule is FC(F)(F)C(=C(Br)Br)c1ccccc1. The van der Waals surface area contributed by atoms with Crippen LogP contribution in [0.4, 0.5) is 13.2 Å². The van der Waals surface area contributed by atoms with E-state index in [2.05, 4.69) is 31.9 Å². The summed E-state index contributed by atoms with van der Waals surface area (Å²) in [6, 6.07) is 7.60. The molecule has 0 heterocycles. The number of allylic oxidation sites excluding steroid dienone is 1. The molecule has 0 atom stereocenters. The van der Waals surface area contributed by atoms with Gasteiger partial charge in [0.05, 0.1) is 8.96 Å². The van der Waals surface area contributed by atoms with E-state index in [0.29, 0.717) is 0 Å². The molecule has 0 radical (unpaired) electrons. The number of halogens is 5. The first-order valence-electron chi connectivity index (χ1n) is 3.61. The van der Waals surface area contributed by atoms with Crippen molar-refractivity contribution in [1.82, 2.24) is 0 Å². The second kappa shape index (κ2) is 4.49. The third kappa shape index (κ3) is 2.85. The highest BCUT2D eigenvalue weighted by Crippen LogP contribution is 2.40. The Morgan fingerprint density at radius 1 is 1.00 bits per heavy atom. The summed E-state index contributed by atoms with van der Waals surface area (Å²) in [5.41, 5.74) is -0.582. The van der Waals surface area contributed by atoms with Crippen LogP contribution in [-0.2, 0) is 0 Å². The summed E-state index contributed by atoms with van der Waals surface area (Å²) in [6.07, 6.45) is -4.37. The number of hydrogen-bond acceptors (Lipinski definition) is 0. The minimum atomic E-state index is -4.37. The van der Waals surface area contributed by atoms with E-state index in [1.54, 1.807) is 18.2 Å². The Labute approximate surface area is 96.1 Å². The van der Waals surface area contributed by atoms with Crippen molar-refractivity contribution in [2.45, 2.75) is 6.18 Å². The van der Waals surface area contributed by atoms with Gasteiger partial charge in [-0.3, -0.25) is 0 Å². The lowest BCUT2D eigenvalue weighted by Crippen LogP contribution is -2.11. The van der Waals surface area contributed by atoms with Crippen LogP contribution in [-0.4, -0.2) is 6.18 Å². The van der Waals surface area contributed by atoms with E-state index in [-0.39, 0.29) is 8.96 Å². The van der Waals surface area contributed by atoms with Gasteiger partial charge in [-0.1, -0.05) is 30.3 Å². The van der Waals surface area contributed by atoms with Gasteiger partial charge in [-0.2, -0.15) is 13.2 Å². The van der Waals surface area contributed by atoms with Gasteiger partial charge in [0.1, 0.15) is 0 Å². The molecule has 0 nitrogen and oxygen atoms in total. The molecule has 0 unspecified atom stereocenters. The zero-order valence-corrected chi connectivity index (χ0v) is 9.95. The summed E-state index contributed by atoms with van der Waals surface area (Å²) in [5.74, 6) is 0. The second-order valence-corrected chi connectivity index (χ2v) is 5.15. The Balaban J connectivity index is 3.24. The van der Waals surface area contributed by atoms with Gasteiger partial charge < -0.3 is 0 Å². The second-order valence-electron chi connectivity index (χ2n) is 2.50. The topological polar surface area (TPSA) is 0 Å². The van der Waals surface area contributed by atoms with E-state index >= 15 is 0 Å². The third-order valence-corrected chi connectivity index (χ3v) is 2.33. The molecule has 0 aliphatic heterocycles. The van der Waals surface area contributed by atoms with Crippen molar-refractivity contribution in [2.75, 3.05) is 0 Å². The third-order valence-electron chi connectivity index (χ3n) is 1.53. The van der Waals surface area contributed by atoms with Crippen LogP contribution in [0.5, 0.6) is 0 Å². The molecule has 1 aromatic carbocycles. The summed E-state index contributed by atoms with van der Waals surface area (Å²) in [6.45, 7) is 0. The highest BCUT2D eigenvalue weighted by molar-refractivity contribution is 9.28. The molecular weight excluding hydrogens is 325 g/mol. The Hall–Kier alpha value is -0.290. The van der Waals surface area contributed by atoms with Crippen molar-refractivity contribution in [3.05, 3.63) is 39.3 Å². The van der Waals surface area contributed by atoms with Gasteiger partial charge in [-0.05, 0) is 37.4 Å². The molecule has 0 fully saturated rings. The van der Waals surface area contributed by atoms with Gasteiger partial charge in [0.25, 0.3) is 0 Å². The standard InChI is InChI=1S/C9H5Br2F3/c10-8(11)7(9(12,13)14)6-4-2-1-3-5-6/h1-5H. The zero-order valence-electron chi connectivity index (χ0n) is 6.78. The predicted molar refractivity (Wildman–Crippen MR) is 57.3 cm³/mol. The fraction of sp³-hybridized carbons (Fsp3) is 0.111. The Bertz CT molecular complexity index is 337.